The maximum Gasteiger partial charge on any atom is 0.180 e. The lowest BCUT2D eigenvalue weighted by Gasteiger charge is -2.05. The van der Waals surface area contributed by atoms with E-state index in [9.17, 15) is 8.42 Å². The van der Waals surface area contributed by atoms with Gasteiger partial charge in [0.25, 0.3) is 0 Å². The fourth-order valence-electron chi connectivity index (χ4n) is 1.29. The predicted molar refractivity (Wildman–Crippen MR) is 72.3 cm³/mol. The summed E-state index contributed by atoms with van der Waals surface area (Å²) >= 11 is 5.83. The molecule has 0 aromatic heterocycles. The standard InChI is InChI=1S/C13H15ClO3S/c1-10-3-7-13(8-4-10)18(16,17)9-12(14)6-5-11(2)15/h3-4,7-8,11-12,15H,9H2,1-2H3. The van der Waals surface area contributed by atoms with E-state index in [2.05, 4.69) is 11.8 Å². The number of sulfone groups is 1. The van der Waals surface area contributed by atoms with Crippen LogP contribution in [0.4, 0.5) is 0 Å². The predicted octanol–water partition coefficient (Wildman–Crippen LogP) is 1.76. The van der Waals surface area contributed by atoms with Crippen molar-refractivity contribution in [2.45, 2.75) is 30.2 Å². The number of hydrogen-bond acceptors (Lipinski definition) is 3. The summed E-state index contributed by atoms with van der Waals surface area (Å²) in [4.78, 5) is 0.234. The second-order valence-electron chi connectivity index (χ2n) is 4.03. The normalized spacial score (nSPS) is 14.4. The van der Waals surface area contributed by atoms with Crippen LogP contribution < -0.4 is 0 Å². The van der Waals surface area contributed by atoms with Crippen LogP contribution in [0.15, 0.2) is 29.2 Å². The molecule has 0 radical (unpaired) electrons. The molecule has 0 heterocycles. The Bertz CT molecular complexity index is 550. The zero-order chi connectivity index (χ0) is 13.8. The molecule has 0 aliphatic carbocycles. The van der Waals surface area contributed by atoms with E-state index in [-0.39, 0.29) is 10.6 Å². The highest BCUT2D eigenvalue weighted by Gasteiger charge is 2.18. The molecule has 3 nitrogen and oxygen atoms in total. The van der Waals surface area contributed by atoms with E-state index in [1.54, 1.807) is 24.3 Å². The van der Waals surface area contributed by atoms with Crippen molar-refractivity contribution in [3.05, 3.63) is 29.8 Å². The Labute approximate surface area is 113 Å². The van der Waals surface area contributed by atoms with Gasteiger partial charge < -0.3 is 5.11 Å². The molecular weight excluding hydrogens is 272 g/mol. The van der Waals surface area contributed by atoms with E-state index in [0.29, 0.717) is 0 Å². The fraction of sp³-hybridized carbons (Fsp3) is 0.385. The van der Waals surface area contributed by atoms with Gasteiger partial charge in [-0.2, -0.15) is 0 Å². The van der Waals surface area contributed by atoms with E-state index in [0.717, 1.165) is 5.56 Å². The van der Waals surface area contributed by atoms with Gasteiger partial charge in [0.2, 0.25) is 0 Å². The Kier molecular flexibility index (Phi) is 5.21. The van der Waals surface area contributed by atoms with Crippen molar-refractivity contribution in [1.82, 2.24) is 0 Å². The zero-order valence-corrected chi connectivity index (χ0v) is 11.8. The first-order chi connectivity index (χ1) is 8.31. The Hall–Kier alpha value is -1.02. The first-order valence-electron chi connectivity index (χ1n) is 5.44. The SMILES string of the molecule is Cc1ccc(S(=O)(=O)CC(Cl)C#CC(C)O)cc1. The molecule has 18 heavy (non-hydrogen) atoms. The van der Waals surface area contributed by atoms with Crippen molar-refractivity contribution in [2.24, 2.45) is 0 Å². The van der Waals surface area contributed by atoms with Crippen LogP contribution in [0.25, 0.3) is 0 Å². The molecule has 0 bridgehead atoms. The lowest BCUT2D eigenvalue weighted by molar-refractivity contribution is 0.253. The molecule has 0 amide bonds. The van der Waals surface area contributed by atoms with Gasteiger partial charge in [-0.25, -0.2) is 8.42 Å². The van der Waals surface area contributed by atoms with E-state index >= 15 is 0 Å². The molecule has 0 fully saturated rings. The van der Waals surface area contributed by atoms with E-state index in [1.807, 2.05) is 6.92 Å². The van der Waals surface area contributed by atoms with Crippen molar-refractivity contribution >= 4 is 21.4 Å². The molecule has 0 spiro atoms. The lowest BCUT2D eigenvalue weighted by atomic mass is 10.2. The minimum atomic E-state index is -3.44. The summed E-state index contributed by atoms with van der Waals surface area (Å²) in [6, 6.07) is 6.57. The van der Waals surface area contributed by atoms with Gasteiger partial charge in [-0.1, -0.05) is 29.5 Å². The largest absolute Gasteiger partial charge is 0.381 e. The van der Waals surface area contributed by atoms with Crippen LogP contribution in [0.3, 0.4) is 0 Å². The van der Waals surface area contributed by atoms with Crippen molar-refractivity contribution in [3.8, 4) is 11.8 Å². The highest BCUT2D eigenvalue weighted by molar-refractivity contribution is 7.91. The molecule has 0 aliphatic heterocycles. The minimum Gasteiger partial charge on any atom is -0.381 e. The molecule has 1 rings (SSSR count). The van der Waals surface area contributed by atoms with Crippen LogP contribution in [0, 0.1) is 18.8 Å². The van der Waals surface area contributed by atoms with E-state index in [1.165, 1.54) is 6.92 Å². The second kappa shape index (κ2) is 6.24. The molecule has 1 aromatic rings. The smallest absolute Gasteiger partial charge is 0.180 e. The topological polar surface area (TPSA) is 54.4 Å². The van der Waals surface area contributed by atoms with Gasteiger partial charge in [0.05, 0.1) is 10.6 Å². The number of hydrogen-bond donors (Lipinski definition) is 1. The highest BCUT2D eigenvalue weighted by atomic mass is 35.5. The van der Waals surface area contributed by atoms with Gasteiger partial charge in [-0.05, 0) is 26.0 Å². The first-order valence-corrected chi connectivity index (χ1v) is 7.53. The number of benzene rings is 1. The molecular formula is C13H15ClO3S. The Morgan fingerprint density at radius 3 is 2.33 bits per heavy atom. The van der Waals surface area contributed by atoms with Gasteiger partial charge in [-0.3, -0.25) is 0 Å². The summed E-state index contributed by atoms with van der Waals surface area (Å²) in [5, 5.41) is 8.14. The maximum atomic E-state index is 12.0. The van der Waals surface area contributed by atoms with Crippen LogP contribution in [0.2, 0.25) is 0 Å². The van der Waals surface area contributed by atoms with Crippen molar-refractivity contribution in [2.75, 3.05) is 5.75 Å². The third-order valence-corrected chi connectivity index (χ3v) is 4.40. The zero-order valence-electron chi connectivity index (χ0n) is 10.2. The molecule has 0 aliphatic rings. The molecule has 98 valence electrons. The van der Waals surface area contributed by atoms with E-state index < -0.39 is 21.3 Å². The fourth-order valence-corrected chi connectivity index (χ4v) is 3.06. The second-order valence-corrected chi connectivity index (χ2v) is 6.59. The summed E-state index contributed by atoms with van der Waals surface area (Å²) in [6.45, 7) is 3.37. The minimum absolute atomic E-state index is 0.234. The third-order valence-electron chi connectivity index (χ3n) is 2.19. The Morgan fingerprint density at radius 2 is 1.83 bits per heavy atom. The van der Waals surface area contributed by atoms with Crippen LogP contribution in [-0.2, 0) is 9.84 Å². The van der Waals surface area contributed by atoms with Gasteiger partial charge in [0.15, 0.2) is 9.84 Å². The monoisotopic (exact) mass is 286 g/mol. The maximum absolute atomic E-state index is 12.0. The summed E-state index contributed by atoms with van der Waals surface area (Å²) in [5.74, 6) is 4.68. The summed E-state index contributed by atoms with van der Waals surface area (Å²) < 4.78 is 24.0. The number of rotatable bonds is 3. The molecule has 0 saturated heterocycles. The Morgan fingerprint density at radius 1 is 1.28 bits per heavy atom. The van der Waals surface area contributed by atoms with Gasteiger partial charge in [-0.15, -0.1) is 11.6 Å². The van der Waals surface area contributed by atoms with E-state index in [4.69, 9.17) is 16.7 Å². The average Bonchev–Trinajstić information content (AvgIpc) is 2.26. The molecule has 2 atom stereocenters. The number of aliphatic hydroxyl groups is 1. The lowest BCUT2D eigenvalue weighted by Crippen LogP contribution is -2.15. The summed E-state index contributed by atoms with van der Waals surface area (Å²) in [7, 11) is -3.44. The number of alkyl halides is 1. The molecule has 0 saturated carbocycles. The van der Waals surface area contributed by atoms with Crippen molar-refractivity contribution < 1.29 is 13.5 Å². The van der Waals surface area contributed by atoms with Crippen LogP contribution in [0.5, 0.6) is 0 Å². The van der Waals surface area contributed by atoms with Gasteiger partial charge in [0, 0.05) is 0 Å². The molecule has 2 unspecified atom stereocenters. The summed E-state index contributed by atoms with van der Waals surface area (Å²) in [6.07, 6.45) is -0.812. The first kappa shape index (κ1) is 15.0. The van der Waals surface area contributed by atoms with Gasteiger partial charge in [0.1, 0.15) is 11.5 Å². The number of aryl methyl sites for hydroxylation is 1. The van der Waals surface area contributed by atoms with Crippen molar-refractivity contribution in [1.29, 1.82) is 0 Å². The number of aliphatic hydroxyl groups excluding tert-OH is 1. The van der Waals surface area contributed by atoms with Gasteiger partial charge >= 0.3 is 0 Å². The molecule has 1 aromatic carbocycles. The highest BCUT2D eigenvalue weighted by Crippen LogP contribution is 2.14. The van der Waals surface area contributed by atoms with Crippen molar-refractivity contribution in [3.63, 3.8) is 0 Å². The third kappa shape index (κ3) is 4.69. The van der Waals surface area contributed by atoms with Crippen LogP contribution in [0.1, 0.15) is 12.5 Å². The average molecular weight is 287 g/mol. The number of halogens is 1. The summed E-state index contributed by atoms with van der Waals surface area (Å²) in [5.41, 5.74) is 0.991. The van der Waals surface area contributed by atoms with Crippen LogP contribution in [-0.4, -0.2) is 30.8 Å². The Balaban J connectivity index is 2.83. The molecule has 5 heteroatoms. The van der Waals surface area contributed by atoms with Crippen LogP contribution >= 0.6 is 11.6 Å². The molecule has 1 N–H and O–H groups in total. The quantitative estimate of drug-likeness (QED) is 0.680.